The minimum Gasteiger partial charge on any atom is -0.497 e. The van der Waals surface area contributed by atoms with Gasteiger partial charge in [0, 0.05) is 28.9 Å². The van der Waals surface area contributed by atoms with E-state index >= 15 is 0 Å². The van der Waals surface area contributed by atoms with Gasteiger partial charge in [0.15, 0.2) is 5.78 Å². The first kappa shape index (κ1) is 17.1. The molecule has 0 atom stereocenters. The first-order valence-electron chi connectivity index (χ1n) is 7.03. The molecule has 0 aliphatic heterocycles. The Balaban J connectivity index is 2.27. The van der Waals surface area contributed by atoms with Crippen molar-refractivity contribution in [2.24, 2.45) is 0 Å². The van der Waals surface area contributed by atoms with Crippen molar-refractivity contribution in [2.45, 2.75) is 0 Å². The van der Waals surface area contributed by atoms with Gasteiger partial charge in [-0.2, -0.15) is 0 Å². The fourth-order valence-electron chi connectivity index (χ4n) is 2.12. The number of nitrogen functional groups attached to an aromatic ring is 1. The number of anilines is 1. The molecule has 2 rings (SSSR count). The number of ketones is 1. The molecule has 0 radical (unpaired) electrons. The molecule has 0 heterocycles. The van der Waals surface area contributed by atoms with Gasteiger partial charge in [0.2, 0.25) is 0 Å². The van der Waals surface area contributed by atoms with Gasteiger partial charge in [-0.15, -0.1) is 0 Å². The van der Waals surface area contributed by atoms with Gasteiger partial charge in [-0.05, 0) is 24.3 Å². The number of carboxylic acid groups (broad SMARTS) is 1. The van der Waals surface area contributed by atoms with E-state index in [-0.39, 0.29) is 11.3 Å². The van der Waals surface area contributed by atoms with Crippen LogP contribution in [0.15, 0.2) is 42.5 Å². The molecule has 0 unspecified atom stereocenters. The van der Waals surface area contributed by atoms with Crippen molar-refractivity contribution in [3.63, 3.8) is 0 Å². The zero-order valence-corrected chi connectivity index (χ0v) is 13.3. The van der Waals surface area contributed by atoms with Crippen LogP contribution in [0, 0.1) is 0 Å². The van der Waals surface area contributed by atoms with E-state index in [1.54, 1.807) is 18.2 Å². The van der Waals surface area contributed by atoms with Gasteiger partial charge in [0.1, 0.15) is 11.5 Å². The van der Waals surface area contributed by atoms with Gasteiger partial charge in [-0.1, -0.05) is 12.1 Å². The summed E-state index contributed by atoms with van der Waals surface area (Å²) >= 11 is 0. The van der Waals surface area contributed by atoms with Crippen LogP contribution >= 0.6 is 0 Å². The van der Waals surface area contributed by atoms with Gasteiger partial charge < -0.3 is 20.3 Å². The van der Waals surface area contributed by atoms with E-state index in [2.05, 4.69) is 0 Å². The summed E-state index contributed by atoms with van der Waals surface area (Å²) in [6.07, 6.45) is 2.91. The number of carboxylic acids is 1. The third-order valence-electron chi connectivity index (χ3n) is 3.42. The summed E-state index contributed by atoms with van der Waals surface area (Å²) in [4.78, 5) is 23.0. The van der Waals surface area contributed by atoms with Gasteiger partial charge in [0.05, 0.1) is 19.8 Å². The molecule has 0 saturated carbocycles. The standard InChI is InChI=1S/C18H17NO5/c1-23-13-9-15(19)14(17(10-13)24-2)7-8-16(20)11-3-5-12(6-4-11)18(21)22/h3-10H,19H2,1-2H3,(H,21,22)/b8-7+. The van der Waals surface area contributed by atoms with Crippen LogP contribution in [0.4, 0.5) is 5.69 Å². The molecule has 0 amide bonds. The van der Waals surface area contributed by atoms with Crippen LogP contribution in [0.3, 0.4) is 0 Å². The lowest BCUT2D eigenvalue weighted by atomic mass is 10.1. The van der Waals surface area contributed by atoms with E-state index in [1.165, 1.54) is 44.6 Å². The van der Waals surface area contributed by atoms with E-state index < -0.39 is 5.97 Å². The summed E-state index contributed by atoms with van der Waals surface area (Å²) in [5, 5.41) is 8.86. The molecule has 0 spiro atoms. The lowest BCUT2D eigenvalue weighted by molar-refractivity contribution is 0.0696. The molecular formula is C18H17NO5. The largest absolute Gasteiger partial charge is 0.497 e. The van der Waals surface area contributed by atoms with Crippen LogP contribution in [-0.2, 0) is 0 Å². The summed E-state index contributed by atoms with van der Waals surface area (Å²) in [6.45, 7) is 0. The fraction of sp³-hybridized carbons (Fsp3) is 0.111. The molecule has 2 aromatic rings. The smallest absolute Gasteiger partial charge is 0.335 e. The van der Waals surface area contributed by atoms with Crippen molar-refractivity contribution >= 4 is 23.5 Å². The van der Waals surface area contributed by atoms with E-state index in [1.807, 2.05) is 0 Å². The zero-order chi connectivity index (χ0) is 17.7. The Morgan fingerprint density at radius 1 is 1.04 bits per heavy atom. The average molecular weight is 327 g/mol. The Morgan fingerprint density at radius 3 is 2.21 bits per heavy atom. The maximum absolute atomic E-state index is 12.2. The molecule has 0 aliphatic carbocycles. The second-order valence-corrected chi connectivity index (χ2v) is 4.91. The summed E-state index contributed by atoms with van der Waals surface area (Å²) in [5.74, 6) is -0.279. The number of methoxy groups -OCH3 is 2. The van der Waals surface area contributed by atoms with Crippen molar-refractivity contribution in [1.82, 2.24) is 0 Å². The first-order chi connectivity index (χ1) is 11.5. The molecule has 0 saturated heterocycles. The van der Waals surface area contributed by atoms with Crippen LogP contribution < -0.4 is 15.2 Å². The monoisotopic (exact) mass is 327 g/mol. The topological polar surface area (TPSA) is 98.9 Å². The molecule has 24 heavy (non-hydrogen) atoms. The van der Waals surface area contributed by atoms with E-state index in [4.69, 9.17) is 20.3 Å². The molecule has 6 nitrogen and oxygen atoms in total. The first-order valence-corrected chi connectivity index (χ1v) is 7.03. The third kappa shape index (κ3) is 3.73. The highest BCUT2D eigenvalue weighted by molar-refractivity contribution is 6.07. The number of hydrogen-bond donors (Lipinski definition) is 2. The second-order valence-electron chi connectivity index (χ2n) is 4.91. The summed E-state index contributed by atoms with van der Waals surface area (Å²) in [7, 11) is 3.02. The van der Waals surface area contributed by atoms with Crippen molar-refractivity contribution < 1.29 is 24.2 Å². The molecule has 2 aromatic carbocycles. The number of carbonyl (C=O) groups is 2. The lowest BCUT2D eigenvalue weighted by Crippen LogP contribution is -2.00. The van der Waals surface area contributed by atoms with E-state index in [0.717, 1.165) is 0 Å². The number of rotatable bonds is 6. The van der Waals surface area contributed by atoms with Gasteiger partial charge in [-0.25, -0.2) is 4.79 Å². The van der Waals surface area contributed by atoms with Crippen LogP contribution in [0.2, 0.25) is 0 Å². The Kier molecular flexibility index (Phi) is 5.21. The van der Waals surface area contributed by atoms with Gasteiger partial charge >= 0.3 is 5.97 Å². The summed E-state index contributed by atoms with van der Waals surface area (Å²) in [5.41, 5.74) is 7.44. The van der Waals surface area contributed by atoms with Crippen molar-refractivity contribution in [1.29, 1.82) is 0 Å². The molecule has 0 bridgehead atoms. The maximum Gasteiger partial charge on any atom is 0.335 e. The molecule has 0 fully saturated rings. The maximum atomic E-state index is 12.2. The molecule has 0 aromatic heterocycles. The number of aromatic carboxylic acids is 1. The molecule has 6 heteroatoms. The molecule has 0 aliphatic rings. The molecule has 3 N–H and O–H groups in total. The zero-order valence-electron chi connectivity index (χ0n) is 13.3. The van der Waals surface area contributed by atoms with E-state index in [0.29, 0.717) is 28.3 Å². The molecular weight excluding hydrogens is 310 g/mol. The van der Waals surface area contributed by atoms with Crippen LogP contribution in [0.25, 0.3) is 6.08 Å². The van der Waals surface area contributed by atoms with Crippen LogP contribution in [-0.4, -0.2) is 31.1 Å². The summed E-state index contributed by atoms with van der Waals surface area (Å²) < 4.78 is 10.4. The third-order valence-corrected chi connectivity index (χ3v) is 3.42. The quantitative estimate of drug-likeness (QED) is 0.481. The van der Waals surface area contributed by atoms with E-state index in [9.17, 15) is 9.59 Å². The predicted octanol–water partition coefficient (Wildman–Crippen LogP) is 2.88. The highest BCUT2D eigenvalue weighted by Crippen LogP contribution is 2.31. The number of benzene rings is 2. The number of nitrogens with two attached hydrogens (primary N) is 1. The van der Waals surface area contributed by atoms with Crippen LogP contribution in [0.1, 0.15) is 26.3 Å². The number of ether oxygens (including phenoxy) is 2. The van der Waals surface area contributed by atoms with Gasteiger partial charge in [0.25, 0.3) is 0 Å². The highest BCUT2D eigenvalue weighted by Gasteiger charge is 2.09. The van der Waals surface area contributed by atoms with Gasteiger partial charge in [-0.3, -0.25) is 4.79 Å². The van der Waals surface area contributed by atoms with Crippen molar-refractivity contribution in [2.75, 3.05) is 20.0 Å². The number of carbonyl (C=O) groups excluding carboxylic acids is 1. The van der Waals surface area contributed by atoms with Crippen molar-refractivity contribution in [3.8, 4) is 11.5 Å². The number of allylic oxidation sites excluding steroid dienone is 1. The SMILES string of the molecule is COc1cc(N)c(/C=C/C(=O)c2ccc(C(=O)O)cc2)c(OC)c1. The fourth-order valence-corrected chi connectivity index (χ4v) is 2.12. The van der Waals surface area contributed by atoms with Crippen LogP contribution in [0.5, 0.6) is 11.5 Å². The molecule has 124 valence electrons. The normalized spacial score (nSPS) is 10.6. The number of hydrogen-bond acceptors (Lipinski definition) is 5. The summed E-state index contributed by atoms with van der Waals surface area (Å²) in [6, 6.07) is 8.99. The minimum absolute atomic E-state index is 0.122. The Hall–Kier alpha value is -3.28. The highest BCUT2D eigenvalue weighted by atomic mass is 16.5. The Bertz CT molecular complexity index is 794. The predicted molar refractivity (Wildman–Crippen MR) is 90.7 cm³/mol. The lowest BCUT2D eigenvalue weighted by Gasteiger charge is -2.10. The Labute approximate surface area is 139 Å². The Morgan fingerprint density at radius 2 is 1.67 bits per heavy atom. The van der Waals surface area contributed by atoms with Crippen molar-refractivity contribution in [3.05, 3.63) is 59.2 Å². The minimum atomic E-state index is -1.04. The average Bonchev–Trinajstić information content (AvgIpc) is 2.59. The second kappa shape index (κ2) is 7.32.